The molecule has 0 atom stereocenters. The Morgan fingerprint density at radius 1 is 1.35 bits per heavy atom. The number of benzene rings is 1. The molecule has 0 bridgehead atoms. The Hall–Kier alpha value is -1.35. The van der Waals surface area contributed by atoms with Crippen LogP contribution < -0.4 is 11.1 Å². The molecule has 0 aliphatic carbocycles. The van der Waals surface area contributed by atoms with Crippen molar-refractivity contribution >= 4 is 35.8 Å². The van der Waals surface area contributed by atoms with Gasteiger partial charge in [0.1, 0.15) is 0 Å². The average molecular weight is 473 g/mol. The highest BCUT2D eigenvalue weighted by Gasteiger charge is 2.16. The summed E-state index contributed by atoms with van der Waals surface area (Å²) >= 11 is 0. The summed E-state index contributed by atoms with van der Waals surface area (Å²) in [5.41, 5.74) is 7.78. The zero-order valence-electron chi connectivity index (χ0n) is 16.1. The lowest BCUT2D eigenvalue weighted by Crippen LogP contribution is -2.42. The third-order valence-corrected chi connectivity index (χ3v) is 4.57. The molecule has 1 fully saturated rings. The van der Waals surface area contributed by atoms with Gasteiger partial charge in [-0.25, -0.2) is 4.99 Å². The number of hydrogen-bond donors (Lipinski definition) is 2. The Balaban J connectivity index is 0.00000338. The summed E-state index contributed by atoms with van der Waals surface area (Å²) in [5, 5.41) is 2.93. The topological polar surface area (TPSA) is 74.0 Å². The molecule has 1 saturated heterocycles. The van der Waals surface area contributed by atoms with Crippen LogP contribution in [0.15, 0.2) is 29.3 Å². The van der Waals surface area contributed by atoms with Gasteiger partial charge in [-0.2, -0.15) is 0 Å². The number of nitrogens with two attached hydrogens (primary N) is 1. The molecule has 1 amide bonds. The summed E-state index contributed by atoms with van der Waals surface area (Å²) in [7, 11) is 3.97. The Morgan fingerprint density at radius 2 is 2.04 bits per heavy atom. The number of amides is 1. The van der Waals surface area contributed by atoms with E-state index in [1.165, 1.54) is 12.8 Å². The fourth-order valence-corrected chi connectivity index (χ4v) is 2.82. The Morgan fingerprint density at radius 3 is 2.69 bits per heavy atom. The normalized spacial score (nSPS) is 15.7. The van der Waals surface area contributed by atoms with Crippen LogP contribution in [0.1, 0.15) is 35.7 Å². The number of rotatable bonds is 6. The predicted octanol–water partition coefficient (Wildman–Crippen LogP) is 2.14. The molecule has 26 heavy (non-hydrogen) atoms. The minimum absolute atomic E-state index is 0. The van der Waals surface area contributed by atoms with Crippen LogP contribution in [0, 0.1) is 5.92 Å². The second kappa shape index (κ2) is 11.4. The molecule has 0 spiro atoms. The van der Waals surface area contributed by atoms with Crippen LogP contribution in [0.3, 0.4) is 0 Å². The van der Waals surface area contributed by atoms with Crippen LogP contribution in [0.2, 0.25) is 0 Å². The van der Waals surface area contributed by atoms with Gasteiger partial charge in [0.2, 0.25) is 0 Å². The van der Waals surface area contributed by atoms with E-state index in [0.29, 0.717) is 24.6 Å². The van der Waals surface area contributed by atoms with Gasteiger partial charge in [-0.15, -0.1) is 24.0 Å². The van der Waals surface area contributed by atoms with Gasteiger partial charge in [0.25, 0.3) is 5.91 Å². The molecule has 0 aromatic heterocycles. The Kier molecular flexibility index (Phi) is 9.93. The lowest BCUT2D eigenvalue weighted by molar-refractivity contribution is 0.0951. The summed E-state index contributed by atoms with van der Waals surface area (Å²) in [6.07, 6.45) is 2.33. The van der Waals surface area contributed by atoms with Gasteiger partial charge in [0.15, 0.2) is 5.96 Å². The molecular formula is C19H32IN5O. The minimum atomic E-state index is -0.0503. The van der Waals surface area contributed by atoms with Crippen molar-refractivity contribution in [1.82, 2.24) is 15.1 Å². The van der Waals surface area contributed by atoms with Crippen molar-refractivity contribution in [2.45, 2.75) is 26.3 Å². The van der Waals surface area contributed by atoms with Crippen molar-refractivity contribution in [3.05, 3.63) is 35.4 Å². The van der Waals surface area contributed by atoms with Crippen molar-refractivity contribution in [3.8, 4) is 0 Å². The van der Waals surface area contributed by atoms with Gasteiger partial charge in [0, 0.05) is 31.7 Å². The lowest BCUT2D eigenvalue weighted by atomic mass is 10.00. The smallest absolute Gasteiger partial charge is 0.251 e. The maximum Gasteiger partial charge on any atom is 0.251 e. The molecule has 1 aromatic rings. The molecule has 7 heteroatoms. The first-order valence-corrected chi connectivity index (χ1v) is 9.02. The summed E-state index contributed by atoms with van der Waals surface area (Å²) < 4.78 is 0. The number of hydrogen-bond acceptors (Lipinski definition) is 3. The van der Waals surface area contributed by atoms with E-state index in [-0.39, 0.29) is 29.9 Å². The van der Waals surface area contributed by atoms with E-state index < -0.39 is 0 Å². The van der Waals surface area contributed by atoms with Crippen molar-refractivity contribution in [2.75, 3.05) is 40.3 Å². The third-order valence-electron chi connectivity index (χ3n) is 4.57. The number of carbonyl (C=O) groups excluding carboxylic acids is 1. The highest BCUT2D eigenvalue weighted by molar-refractivity contribution is 14.0. The molecule has 6 nitrogen and oxygen atoms in total. The van der Waals surface area contributed by atoms with Gasteiger partial charge < -0.3 is 20.9 Å². The van der Waals surface area contributed by atoms with E-state index in [4.69, 9.17) is 5.73 Å². The first kappa shape index (κ1) is 22.7. The second-order valence-corrected chi connectivity index (χ2v) is 7.10. The minimum Gasteiger partial charge on any atom is -0.370 e. The monoisotopic (exact) mass is 473 g/mol. The SMILES string of the molecule is CC1CCN(C(N)=NCc2cccc(C(=O)NCCN(C)C)c2)CC1.I. The Bertz CT molecular complexity index is 597. The quantitative estimate of drug-likeness (QED) is 0.377. The largest absolute Gasteiger partial charge is 0.370 e. The number of piperidine rings is 1. The van der Waals surface area contributed by atoms with Crippen LogP contribution in [0.25, 0.3) is 0 Å². The fourth-order valence-electron chi connectivity index (χ4n) is 2.82. The van der Waals surface area contributed by atoms with Crippen molar-refractivity contribution in [3.63, 3.8) is 0 Å². The summed E-state index contributed by atoms with van der Waals surface area (Å²) in [6, 6.07) is 7.59. The van der Waals surface area contributed by atoms with Gasteiger partial charge in [-0.05, 0) is 50.6 Å². The Labute approximate surface area is 174 Å². The number of likely N-dealkylation sites (tertiary alicyclic amines) is 1. The molecule has 146 valence electrons. The van der Waals surface area contributed by atoms with E-state index in [1.54, 1.807) is 0 Å². The number of nitrogens with one attached hydrogen (secondary N) is 1. The van der Waals surface area contributed by atoms with E-state index in [0.717, 1.165) is 31.1 Å². The van der Waals surface area contributed by atoms with Crippen molar-refractivity contribution in [1.29, 1.82) is 0 Å². The molecule has 0 radical (unpaired) electrons. The second-order valence-electron chi connectivity index (χ2n) is 7.10. The number of nitrogens with zero attached hydrogens (tertiary/aromatic N) is 3. The molecule has 1 aliphatic heterocycles. The van der Waals surface area contributed by atoms with Gasteiger partial charge >= 0.3 is 0 Å². The molecule has 0 unspecified atom stereocenters. The molecule has 0 saturated carbocycles. The van der Waals surface area contributed by atoms with Crippen LogP contribution in [0.5, 0.6) is 0 Å². The summed E-state index contributed by atoms with van der Waals surface area (Å²) in [6.45, 7) is 6.18. The van der Waals surface area contributed by atoms with Gasteiger partial charge in [-0.3, -0.25) is 4.79 Å². The molecule has 2 rings (SSSR count). The molecule has 3 N–H and O–H groups in total. The molecular weight excluding hydrogens is 441 g/mol. The summed E-state index contributed by atoms with van der Waals surface area (Å²) in [5.74, 6) is 1.32. The standard InChI is InChI=1S/C19H31N5O.HI/c1-15-7-10-24(11-8-15)19(20)22-14-16-5-4-6-17(13-16)18(25)21-9-12-23(2)3;/h4-6,13,15H,7-12,14H2,1-3H3,(H2,20,22)(H,21,25);1H. The first-order valence-electron chi connectivity index (χ1n) is 9.02. The summed E-state index contributed by atoms with van der Waals surface area (Å²) in [4.78, 5) is 20.9. The zero-order chi connectivity index (χ0) is 18.2. The van der Waals surface area contributed by atoms with Crippen molar-refractivity contribution < 1.29 is 4.79 Å². The van der Waals surface area contributed by atoms with Crippen LogP contribution >= 0.6 is 24.0 Å². The van der Waals surface area contributed by atoms with E-state index in [1.807, 2.05) is 43.3 Å². The maximum atomic E-state index is 12.2. The van der Waals surface area contributed by atoms with E-state index >= 15 is 0 Å². The number of aliphatic imine (C=N–C) groups is 1. The highest BCUT2D eigenvalue weighted by Crippen LogP contribution is 2.15. The number of carbonyl (C=O) groups is 1. The van der Waals surface area contributed by atoms with Gasteiger partial charge in [0.05, 0.1) is 6.54 Å². The number of guanidine groups is 1. The van der Waals surface area contributed by atoms with Crippen LogP contribution in [0.4, 0.5) is 0 Å². The highest BCUT2D eigenvalue weighted by atomic mass is 127. The van der Waals surface area contributed by atoms with Crippen molar-refractivity contribution in [2.24, 2.45) is 16.6 Å². The average Bonchev–Trinajstić information content (AvgIpc) is 2.60. The zero-order valence-corrected chi connectivity index (χ0v) is 18.4. The number of likely N-dealkylation sites (N-methyl/N-ethyl adjacent to an activating group) is 1. The maximum absolute atomic E-state index is 12.2. The fraction of sp³-hybridized carbons (Fsp3) is 0.579. The molecule has 1 heterocycles. The van der Waals surface area contributed by atoms with E-state index in [9.17, 15) is 4.79 Å². The lowest BCUT2D eigenvalue weighted by Gasteiger charge is -2.31. The number of halogens is 1. The van der Waals surface area contributed by atoms with Crippen LogP contribution in [-0.2, 0) is 6.54 Å². The predicted molar refractivity (Wildman–Crippen MR) is 118 cm³/mol. The molecule has 1 aliphatic rings. The van der Waals surface area contributed by atoms with E-state index in [2.05, 4.69) is 22.1 Å². The molecule has 1 aromatic carbocycles. The third kappa shape index (κ3) is 7.49. The van der Waals surface area contributed by atoms with Crippen LogP contribution in [-0.4, -0.2) is 61.9 Å². The first-order chi connectivity index (χ1) is 12.0. The van der Waals surface area contributed by atoms with Gasteiger partial charge in [-0.1, -0.05) is 19.1 Å².